The number of benzene rings is 1. The van der Waals surface area contributed by atoms with E-state index >= 15 is 0 Å². The Morgan fingerprint density at radius 1 is 1.33 bits per heavy atom. The Kier molecular flexibility index (Phi) is 5.17. The summed E-state index contributed by atoms with van der Waals surface area (Å²) in [4.78, 5) is 5.52. The van der Waals surface area contributed by atoms with E-state index < -0.39 is 0 Å². The first-order valence-corrected chi connectivity index (χ1v) is 8.59. The van der Waals surface area contributed by atoms with E-state index in [0.29, 0.717) is 24.2 Å². The van der Waals surface area contributed by atoms with Gasteiger partial charge in [-0.1, -0.05) is 35.7 Å². The molecule has 0 radical (unpaired) electrons. The van der Waals surface area contributed by atoms with Crippen molar-refractivity contribution in [1.82, 2.24) is 15.5 Å². The molecule has 6 heteroatoms. The van der Waals surface area contributed by atoms with Crippen LogP contribution >= 0.6 is 23.4 Å². The number of halogens is 1. The third-order valence-corrected chi connectivity index (χ3v) is 4.80. The van der Waals surface area contributed by atoms with Crippen LogP contribution in [0.2, 0.25) is 5.02 Å². The molecule has 1 aromatic carbocycles. The molecule has 1 fully saturated rings. The van der Waals surface area contributed by atoms with Gasteiger partial charge in [0.1, 0.15) is 0 Å². The molecule has 0 spiro atoms. The van der Waals surface area contributed by atoms with Crippen LogP contribution in [0.15, 0.2) is 33.7 Å². The monoisotopic (exact) mass is 323 g/mol. The maximum atomic E-state index is 5.96. The van der Waals surface area contributed by atoms with Crippen molar-refractivity contribution in [2.24, 2.45) is 0 Å². The Morgan fingerprint density at radius 3 is 3.00 bits per heavy atom. The molecule has 1 heterocycles. The molecule has 0 saturated heterocycles. The van der Waals surface area contributed by atoms with E-state index in [4.69, 9.17) is 16.1 Å². The van der Waals surface area contributed by atoms with Gasteiger partial charge in [-0.05, 0) is 31.0 Å². The summed E-state index contributed by atoms with van der Waals surface area (Å²) < 4.78 is 5.27. The Balaban J connectivity index is 1.48. The van der Waals surface area contributed by atoms with Crippen LogP contribution in [-0.2, 0) is 12.3 Å². The van der Waals surface area contributed by atoms with E-state index in [1.807, 2.05) is 24.3 Å². The molecule has 1 N–H and O–H groups in total. The summed E-state index contributed by atoms with van der Waals surface area (Å²) in [6.45, 7) is 0.666. The Labute approximate surface area is 133 Å². The number of hydrogen-bond donors (Lipinski definition) is 1. The van der Waals surface area contributed by atoms with E-state index in [2.05, 4.69) is 15.5 Å². The van der Waals surface area contributed by atoms with Crippen LogP contribution in [-0.4, -0.2) is 16.2 Å². The summed E-state index contributed by atoms with van der Waals surface area (Å²) in [5, 5.41) is 8.24. The lowest BCUT2D eigenvalue weighted by molar-refractivity contribution is 0.354. The van der Waals surface area contributed by atoms with E-state index in [1.54, 1.807) is 11.8 Å². The average molecular weight is 324 g/mol. The van der Waals surface area contributed by atoms with Gasteiger partial charge in [-0.25, -0.2) is 0 Å². The van der Waals surface area contributed by atoms with Crippen molar-refractivity contribution in [2.45, 2.75) is 48.9 Å². The fraction of sp³-hybridized carbons (Fsp3) is 0.467. The molecule has 1 saturated carbocycles. The second-order valence-corrected chi connectivity index (χ2v) is 6.70. The van der Waals surface area contributed by atoms with E-state index in [0.717, 1.165) is 15.7 Å². The number of nitrogens with one attached hydrogen (secondary N) is 1. The van der Waals surface area contributed by atoms with E-state index in [-0.39, 0.29) is 0 Å². The first-order valence-electron chi connectivity index (χ1n) is 7.23. The Bertz CT molecular complexity index is 584. The van der Waals surface area contributed by atoms with Gasteiger partial charge in [0.05, 0.1) is 12.3 Å². The lowest BCUT2D eigenvalue weighted by Crippen LogP contribution is -2.25. The largest absolute Gasteiger partial charge is 0.338 e. The van der Waals surface area contributed by atoms with Crippen LogP contribution < -0.4 is 5.32 Å². The zero-order chi connectivity index (χ0) is 14.5. The van der Waals surface area contributed by atoms with Crippen molar-refractivity contribution in [3.8, 4) is 0 Å². The first-order chi connectivity index (χ1) is 10.3. The molecule has 2 aromatic rings. The molecular weight excluding hydrogens is 306 g/mol. The molecule has 112 valence electrons. The molecule has 0 unspecified atom stereocenters. The molecule has 1 aliphatic carbocycles. The van der Waals surface area contributed by atoms with Crippen LogP contribution in [0.3, 0.4) is 0 Å². The molecule has 4 nitrogen and oxygen atoms in total. The predicted octanol–water partition coefficient (Wildman–Crippen LogP) is 4.05. The predicted molar refractivity (Wildman–Crippen MR) is 84.4 cm³/mol. The van der Waals surface area contributed by atoms with E-state index in [9.17, 15) is 0 Å². The molecular formula is C15H18ClN3OS. The summed E-state index contributed by atoms with van der Waals surface area (Å²) in [6, 6.07) is 8.39. The number of rotatable bonds is 6. The molecule has 3 rings (SSSR count). The fourth-order valence-corrected chi connectivity index (χ4v) is 3.54. The number of nitrogens with zero attached hydrogens (tertiary/aromatic N) is 2. The Hall–Kier alpha value is -1.04. The minimum atomic E-state index is 0.612. The van der Waals surface area contributed by atoms with Crippen molar-refractivity contribution in [1.29, 1.82) is 0 Å². The van der Waals surface area contributed by atoms with Gasteiger partial charge in [0.2, 0.25) is 5.89 Å². The summed E-state index contributed by atoms with van der Waals surface area (Å²) in [5.74, 6) is 2.08. The van der Waals surface area contributed by atoms with Crippen LogP contribution in [0.5, 0.6) is 0 Å². The molecule has 0 aliphatic heterocycles. The minimum Gasteiger partial charge on any atom is -0.338 e. The van der Waals surface area contributed by atoms with Gasteiger partial charge in [-0.2, -0.15) is 4.98 Å². The molecule has 21 heavy (non-hydrogen) atoms. The highest BCUT2D eigenvalue weighted by Gasteiger charge is 2.15. The molecule has 1 aromatic heterocycles. The summed E-state index contributed by atoms with van der Waals surface area (Å²) >= 11 is 7.62. The SMILES string of the molecule is Clc1cccc(SCc2noc(CNC3CCCC3)n2)c1. The van der Waals surface area contributed by atoms with Gasteiger partial charge in [0.15, 0.2) is 5.82 Å². The second kappa shape index (κ2) is 7.29. The number of thioether (sulfide) groups is 1. The summed E-state index contributed by atoms with van der Waals surface area (Å²) in [6.07, 6.45) is 5.16. The maximum Gasteiger partial charge on any atom is 0.240 e. The Morgan fingerprint density at radius 2 is 2.19 bits per heavy atom. The molecule has 0 atom stereocenters. The number of aromatic nitrogens is 2. The van der Waals surface area contributed by atoms with Crippen LogP contribution in [0, 0.1) is 0 Å². The van der Waals surface area contributed by atoms with Crippen molar-refractivity contribution in [2.75, 3.05) is 0 Å². The van der Waals surface area contributed by atoms with Gasteiger partial charge < -0.3 is 9.84 Å². The summed E-state index contributed by atoms with van der Waals surface area (Å²) in [7, 11) is 0. The standard InChI is InChI=1S/C15H18ClN3OS/c16-11-4-3-7-13(8-11)21-10-14-18-15(20-19-14)9-17-12-5-1-2-6-12/h3-4,7-8,12,17H,1-2,5-6,9-10H2. The molecule has 0 amide bonds. The molecule has 0 bridgehead atoms. The van der Waals surface area contributed by atoms with Gasteiger partial charge in [-0.3, -0.25) is 0 Å². The van der Waals surface area contributed by atoms with Crippen LogP contribution in [0.25, 0.3) is 0 Å². The van der Waals surface area contributed by atoms with Crippen LogP contribution in [0.1, 0.15) is 37.4 Å². The maximum absolute atomic E-state index is 5.96. The van der Waals surface area contributed by atoms with Crippen molar-refractivity contribution >= 4 is 23.4 Å². The average Bonchev–Trinajstić information content (AvgIpc) is 3.15. The second-order valence-electron chi connectivity index (χ2n) is 5.21. The smallest absolute Gasteiger partial charge is 0.240 e. The zero-order valence-electron chi connectivity index (χ0n) is 11.7. The lowest BCUT2D eigenvalue weighted by Gasteiger charge is -2.08. The van der Waals surface area contributed by atoms with Gasteiger partial charge >= 0.3 is 0 Å². The lowest BCUT2D eigenvalue weighted by atomic mass is 10.2. The highest BCUT2D eigenvalue weighted by atomic mass is 35.5. The topological polar surface area (TPSA) is 51.0 Å². The van der Waals surface area contributed by atoms with E-state index in [1.165, 1.54) is 25.7 Å². The summed E-state index contributed by atoms with van der Waals surface area (Å²) in [5.41, 5.74) is 0. The first kappa shape index (κ1) is 14.9. The molecule has 1 aliphatic rings. The minimum absolute atomic E-state index is 0.612. The zero-order valence-corrected chi connectivity index (χ0v) is 13.3. The van der Waals surface area contributed by atoms with Gasteiger partial charge in [0, 0.05) is 16.0 Å². The third kappa shape index (κ3) is 4.46. The third-order valence-electron chi connectivity index (χ3n) is 3.57. The van der Waals surface area contributed by atoms with Gasteiger partial charge in [-0.15, -0.1) is 11.8 Å². The van der Waals surface area contributed by atoms with Gasteiger partial charge in [0.25, 0.3) is 0 Å². The quantitative estimate of drug-likeness (QED) is 0.813. The fourth-order valence-electron chi connectivity index (χ4n) is 2.49. The normalized spacial score (nSPS) is 15.7. The highest BCUT2D eigenvalue weighted by Crippen LogP contribution is 2.24. The van der Waals surface area contributed by atoms with Crippen molar-refractivity contribution in [3.05, 3.63) is 41.0 Å². The van der Waals surface area contributed by atoms with Crippen molar-refractivity contribution in [3.63, 3.8) is 0 Å². The van der Waals surface area contributed by atoms with Crippen LogP contribution in [0.4, 0.5) is 0 Å². The number of hydrogen-bond acceptors (Lipinski definition) is 5. The highest BCUT2D eigenvalue weighted by molar-refractivity contribution is 7.98. The van der Waals surface area contributed by atoms with Crippen molar-refractivity contribution < 1.29 is 4.52 Å².